The highest BCUT2D eigenvalue weighted by Crippen LogP contribution is 2.31. The Hall–Kier alpha value is -2.60. The van der Waals surface area contributed by atoms with Gasteiger partial charge in [-0.2, -0.15) is 0 Å². The van der Waals surface area contributed by atoms with Gasteiger partial charge in [0, 0.05) is 21.5 Å². The van der Waals surface area contributed by atoms with E-state index in [2.05, 4.69) is 20.7 Å². The molecular weight excluding hydrogens is 280 g/mol. The van der Waals surface area contributed by atoms with Gasteiger partial charge in [0.05, 0.1) is 0 Å². The van der Waals surface area contributed by atoms with E-state index in [4.69, 9.17) is 16.7 Å². The molecule has 0 radical (unpaired) electrons. The van der Waals surface area contributed by atoms with Crippen LogP contribution in [0.2, 0.25) is 5.02 Å². The summed E-state index contributed by atoms with van der Waals surface area (Å²) in [6.07, 6.45) is 0. The third-order valence-corrected chi connectivity index (χ3v) is 3.22. The largest absolute Gasteiger partial charge is 0.476 e. The van der Waals surface area contributed by atoms with Gasteiger partial charge in [0.15, 0.2) is 11.5 Å². The summed E-state index contributed by atoms with van der Waals surface area (Å²) < 4.78 is 0. The first-order valence-corrected chi connectivity index (χ1v) is 6.13. The molecule has 0 amide bonds. The number of rotatable bonds is 3. The van der Waals surface area contributed by atoms with Crippen molar-refractivity contribution in [2.75, 3.05) is 5.32 Å². The average Bonchev–Trinajstić information content (AvgIpc) is 2.91. The van der Waals surface area contributed by atoms with Crippen molar-refractivity contribution in [3.63, 3.8) is 0 Å². The van der Waals surface area contributed by atoms with Gasteiger partial charge in [0.1, 0.15) is 0 Å². The Bertz CT molecular complexity index is 800. The molecule has 6 nitrogen and oxygen atoms in total. The number of carboxylic acid groups (broad SMARTS) is 1. The number of aromatic carboxylic acids is 1. The number of aromatic amines is 1. The van der Waals surface area contributed by atoms with E-state index in [1.165, 1.54) is 0 Å². The average molecular weight is 289 g/mol. The smallest absolute Gasteiger partial charge is 0.357 e. The second-order valence-corrected chi connectivity index (χ2v) is 4.51. The third-order valence-electron chi connectivity index (χ3n) is 2.89. The molecule has 0 atom stereocenters. The van der Waals surface area contributed by atoms with Crippen LogP contribution in [0.25, 0.3) is 10.8 Å². The van der Waals surface area contributed by atoms with E-state index >= 15 is 0 Å². The first-order chi connectivity index (χ1) is 9.66. The van der Waals surface area contributed by atoms with Crippen LogP contribution in [-0.4, -0.2) is 26.5 Å². The normalized spacial score (nSPS) is 10.7. The minimum absolute atomic E-state index is 0.0935. The maximum Gasteiger partial charge on any atom is 0.357 e. The molecule has 3 aromatic rings. The number of nitrogens with one attached hydrogen (secondary N) is 2. The van der Waals surface area contributed by atoms with Crippen molar-refractivity contribution >= 4 is 39.8 Å². The summed E-state index contributed by atoms with van der Waals surface area (Å²) in [4.78, 5) is 11.0. The van der Waals surface area contributed by atoms with Gasteiger partial charge < -0.3 is 10.4 Å². The van der Waals surface area contributed by atoms with E-state index < -0.39 is 5.97 Å². The Morgan fingerprint density at radius 3 is 2.70 bits per heavy atom. The minimum atomic E-state index is -1.13. The van der Waals surface area contributed by atoms with Crippen LogP contribution in [0.5, 0.6) is 0 Å². The number of halogens is 1. The summed E-state index contributed by atoms with van der Waals surface area (Å²) >= 11 is 6.14. The number of hydrogen-bond acceptors (Lipinski definition) is 4. The van der Waals surface area contributed by atoms with Gasteiger partial charge in [0.2, 0.25) is 0 Å². The lowest BCUT2D eigenvalue weighted by Crippen LogP contribution is -2.02. The number of aromatic nitrogens is 3. The Morgan fingerprint density at radius 2 is 1.95 bits per heavy atom. The number of nitrogens with zero attached hydrogens (tertiary/aromatic N) is 2. The van der Waals surface area contributed by atoms with Crippen LogP contribution in [0.1, 0.15) is 10.5 Å². The van der Waals surface area contributed by atoms with Crippen molar-refractivity contribution in [1.82, 2.24) is 15.4 Å². The van der Waals surface area contributed by atoms with Crippen LogP contribution in [0, 0.1) is 0 Å². The fourth-order valence-corrected chi connectivity index (χ4v) is 2.19. The summed E-state index contributed by atoms with van der Waals surface area (Å²) in [5.41, 5.74) is 0.616. The predicted molar refractivity (Wildman–Crippen MR) is 75.6 cm³/mol. The van der Waals surface area contributed by atoms with Crippen molar-refractivity contribution < 1.29 is 9.90 Å². The van der Waals surface area contributed by atoms with Gasteiger partial charge >= 0.3 is 5.97 Å². The molecule has 7 heteroatoms. The number of hydrogen-bond donors (Lipinski definition) is 3. The number of carboxylic acids is 1. The molecule has 100 valence electrons. The lowest BCUT2D eigenvalue weighted by atomic mass is 10.1. The van der Waals surface area contributed by atoms with Crippen LogP contribution >= 0.6 is 11.6 Å². The molecule has 0 fully saturated rings. The molecule has 0 unspecified atom stereocenters. The van der Waals surface area contributed by atoms with Crippen molar-refractivity contribution in [2.45, 2.75) is 0 Å². The number of carbonyl (C=O) groups is 1. The molecule has 0 bridgehead atoms. The van der Waals surface area contributed by atoms with E-state index in [0.717, 1.165) is 10.8 Å². The number of anilines is 2. The molecule has 3 N–H and O–H groups in total. The highest BCUT2D eigenvalue weighted by molar-refractivity contribution is 6.36. The van der Waals surface area contributed by atoms with E-state index in [-0.39, 0.29) is 11.5 Å². The quantitative estimate of drug-likeness (QED) is 0.689. The molecule has 2 aromatic carbocycles. The number of benzene rings is 2. The van der Waals surface area contributed by atoms with Crippen molar-refractivity contribution in [3.8, 4) is 0 Å². The predicted octanol–water partition coefficient (Wildman–Crippen LogP) is 3.05. The molecule has 0 spiro atoms. The lowest BCUT2D eigenvalue weighted by molar-refractivity contribution is 0.0691. The fraction of sp³-hybridized carbons (Fsp3) is 0. The van der Waals surface area contributed by atoms with E-state index in [1.54, 1.807) is 12.1 Å². The summed E-state index contributed by atoms with van der Waals surface area (Å²) in [6.45, 7) is 0. The lowest BCUT2D eigenvalue weighted by Gasteiger charge is -2.09. The molecule has 3 rings (SSSR count). The maximum atomic E-state index is 11.0. The summed E-state index contributed by atoms with van der Waals surface area (Å²) in [6, 6.07) is 11.1. The fourth-order valence-electron chi connectivity index (χ4n) is 1.96. The summed E-state index contributed by atoms with van der Waals surface area (Å²) in [5, 5.41) is 23.9. The van der Waals surface area contributed by atoms with Gasteiger partial charge in [-0.1, -0.05) is 41.1 Å². The zero-order valence-electron chi connectivity index (χ0n) is 10.1. The van der Waals surface area contributed by atoms with Crippen LogP contribution in [0.15, 0.2) is 36.4 Å². The molecule has 0 aliphatic rings. The Kier molecular flexibility index (Phi) is 3.00. The first-order valence-electron chi connectivity index (χ1n) is 5.75. The first kappa shape index (κ1) is 12.4. The molecule has 20 heavy (non-hydrogen) atoms. The molecule has 1 aromatic heterocycles. The zero-order chi connectivity index (χ0) is 14.1. The van der Waals surface area contributed by atoms with Gasteiger partial charge in [0.25, 0.3) is 0 Å². The molecule has 0 saturated carbocycles. The van der Waals surface area contributed by atoms with Crippen LogP contribution in [0.4, 0.5) is 11.5 Å². The van der Waals surface area contributed by atoms with Crippen LogP contribution < -0.4 is 5.32 Å². The molecular formula is C13H9ClN4O2. The van der Waals surface area contributed by atoms with Gasteiger partial charge in [-0.3, -0.25) is 0 Å². The number of H-pyrrole nitrogens is 1. The minimum Gasteiger partial charge on any atom is -0.476 e. The molecule has 1 heterocycles. The van der Waals surface area contributed by atoms with Crippen molar-refractivity contribution in [2.24, 2.45) is 0 Å². The maximum absolute atomic E-state index is 11.0. The Balaban J connectivity index is 2.09. The molecule has 0 saturated heterocycles. The van der Waals surface area contributed by atoms with E-state index in [9.17, 15) is 4.79 Å². The second kappa shape index (κ2) is 4.82. The summed E-state index contributed by atoms with van der Waals surface area (Å²) in [7, 11) is 0. The second-order valence-electron chi connectivity index (χ2n) is 4.11. The van der Waals surface area contributed by atoms with Crippen molar-refractivity contribution in [1.29, 1.82) is 0 Å². The topological polar surface area (TPSA) is 90.9 Å². The summed E-state index contributed by atoms with van der Waals surface area (Å²) in [5.74, 6) is -0.972. The highest BCUT2D eigenvalue weighted by Gasteiger charge is 2.15. The van der Waals surface area contributed by atoms with E-state index in [0.29, 0.717) is 10.7 Å². The highest BCUT2D eigenvalue weighted by atomic mass is 35.5. The molecule has 0 aliphatic heterocycles. The monoisotopic (exact) mass is 288 g/mol. The Morgan fingerprint density at radius 1 is 1.20 bits per heavy atom. The van der Waals surface area contributed by atoms with Gasteiger partial charge in [-0.05, 0) is 12.1 Å². The molecule has 0 aliphatic carbocycles. The standard InChI is InChI=1S/C13H9ClN4O2/c14-9-5-6-10(8-4-2-1-3-7(8)9)15-12-11(13(19)20)16-18-17-12/h1-6H,(H,19,20)(H2,15,16,17,18). The van der Waals surface area contributed by atoms with Gasteiger partial charge in [-0.25, -0.2) is 9.89 Å². The van der Waals surface area contributed by atoms with Gasteiger partial charge in [-0.15, -0.1) is 5.10 Å². The SMILES string of the molecule is O=C(O)c1[nH]nnc1Nc1ccc(Cl)c2ccccc12. The van der Waals surface area contributed by atoms with Crippen LogP contribution in [0.3, 0.4) is 0 Å². The zero-order valence-corrected chi connectivity index (χ0v) is 10.8. The third kappa shape index (κ3) is 2.06. The number of fused-ring (bicyclic) bond motifs is 1. The van der Waals surface area contributed by atoms with Crippen LogP contribution in [-0.2, 0) is 0 Å². The Labute approximate surface area is 118 Å². The van der Waals surface area contributed by atoms with E-state index in [1.807, 2.05) is 24.3 Å². The van der Waals surface area contributed by atoms with Crippen molar-refractivity contribution in [3.05, 3.63) is 47.1 Å².